The Morgan fingerprint density at radius 2 is 1.90 bits per heavy atom. The molecule has 0 aliphatic carbocycles. The maximum Gasteiger partial charge on any atom is 0.416 e. The zero-order valence-electron chi connectivity index (χ0n) is 10.4. The predicted molar refractivity (Wildman–Crippen MR) is 68.8 cm³/mol. The minimum absolute atomic E-state index is 0.0415. The summed E-state index contributed by atoms with van der Waals surface area (Å²) in [5.41, 5.74) is 5.16. The van der Waals surface area contributed by atoms with Crippen LogP contribution in [0.25, 0.3) is 0 Å². The molecule has 2 aromatic rings. The molecule has 0 saturated carbocycles. The topological polar surface area (TPSA) is 59.1 Å². The van der Waals surface area contributed by atoms with E-state index in [2.05, 4.69) is 4.98 Å². The smallest absolute Gasteiger partial charge is 0.388 e. The molecule has 1 aromatic heterocycles. The molecule has 3 nitrogen and oxygen atoms in total. The highest BCUT2D eigenvalue weighted by Crippen LogP contribution is 2.35. The molecule has 0 spiro atoms. The van der Waals surface area contributed by atoms with Gasteiger partial charge in [-0.1, -0.05) is 18.2 Å². The molecule has 0 aliphatic rings. The van der Waals surface area contributed by atoms with E-state index in [0.717, 1.165) is 6.07 Å². The van der Waals surface area contributed by atoms with Crippen LogP contribution >= 0.6 is 0 Å². The van der Waals surface area contributed by atoms with Gasteiger partial charge in [-0.3, -0.25) is 0 Å². The van der Waals surface area contributed by atoms with Crippen LogP contribution < -0.4 is 5.73 Å². The number of nitrogens with two attached hydrogens (primary N) is 1. The lowest BCUT2D eigenvalue weighted by Gasteiger charge is -2.17. The summed E-state index contributed by atoms with van der Waals surface area (Å²) in [7, 11) is 0. The molecule has 20 heavy (non-hydrogen) atoms. The van der Waals surface area contributed by atoms with Gasteiger partial charge in [-0.2, -0.15) is 13.2 Å². The zero-order valence-corrected chi connectivity index (χ0v) is 10.4. The summed E-state index contributed by atoms with van der Waals surface area (Å²) < 4.78 is 38.6. The number of anilines is 1. The van der Waals surface area contributed by atoms with Crippen molar-refractivity contribution < 1.29 is 18.3 Å². The van der Waals surface area contributed by atoms with Crippen molar-refractivity contribution >= 4 is 5.82 Å². The molecule has 0 saturated heterocycles. The Hall–Kier alpha value is -2.08. The van der Waals surface area contributed by atoms with Crippen LogP contribution in [0.5, 0.6) is 0 Å². The van der Waals surface area contributed by atoms with E-state index in [9.17, 15) is 18.3 Å². The summed E-state index contributed by atoms with van der Waals surface area (Å²) in [6.07, 6.45) is -4.25. The molecule has 0 radical (unpaired) electrons. The van der Waals surface area contributed by atoms with E-state index < -0.39 is 17.8 Å². The number of nitrogen functional groups attached to an aromatic ring is 1. The van der Waals surface area contributed by atoms with Crippen molar-refractivity contribution in [2.24, 2.45) is 0 Å². The lowest BCUT2D eigenvalue weighted by atomic mass is 9.97. The molecule has 0 bridgehead atoms. The Balaban J connectivity index is 2.28. The number of hydrogen-bond acceptors (Lipinski definition) is 3. The van der Waals surface area contributed by atoms with Crippen LogP contribution in [0.1, 0.15) is 22.8 Å². The molecule has 0 fully saturated rings. The Labute approximate surface area is 113 Å². The third kappa shape index (κ3) is 3.27. The summed E-state index contributed by atoms with van der Waals surface area (Å²) in [5, 5.41) is 10.0. The lowest BCUT2D eigenvalue weighted by molar-refractivity contribution is -0.139. The number of nitrogens with zero attached hydrogens (tertiary/aromatic N) is 1. The van der Waals surface area contributed by atoms with Gasteiger partial charge in [0.25, 0.3) is 0 Å². The average molecular weight is 282 g/mol. The lowest BCUT2D eigenvalue weighted by Crippen LogP contribution is -2.13. The van der Waals surface area contributed by atoms with E-state index in [-0.39, 0.29) is 17.8 Å². The number of hydrogen-bond donors (Lipinski definition) is 2. The van der Waals surface area contributed by atoms with Gasteiger partial charge in [-0.05, 0) is 29.3 Å². The summed E-state index contributed by atoms with van der Waals surface area (Å²) in [5.74, 6) is 0.263. The van der Waals surface area contributed by atoms with E-state index in [4.69, 9.17) is 5.73 Å². The fourth-order valence-corrected chi connectivity index (χ4v) is 2.00. The van der Waals surface area contributed by atoms with Gasteiger partial charge in [0.05, 0.1) is 11.7 Å². The first-order valence-corrected chi connectivity index (χ1v) is 5.92. The molecule has 3 N–H and O–H groups in total. The Morgan fingerprint density at radius 1 is 1.20 bits per heavy atom. The highest BCUT2D eigenvalue weighted by Gasteiger charge is 2.34. The van der Waals surface area contributed by atoms with Crippen LogP contribution in [-0.4, -0.2) is 10.1 Å². The third-order valence-corrected chi connectivity index (χ3v) is 2.90. The maximum atomic E-state index is 12.9. The molecule has 2 rings (SSSR count). The molecule has 0 amide bonds. The van der Waals surface area contributed by atoms with E-state index in [1.807, 2.05) is 0 Å². The highest BCUT2D eigenvalue weighted by atomic mass is 19.4. The van der Waals surface area contributed by atoms with Gasteiger partial charge in [0, 0.05) is 12.6 Å². The number of benzene rings is 1. The van der Waals surface area contributed by atoms with Crippen molar-refractivity contribution in [2.75, 3.05) is 5.73 Å². The Kier molecular flexibility index (Phi) is 3.94. The molecule has 1 unspecified atom stereocenters. The molecule has 1 heterocycles. The van der Waals surface area contributed by atoms with Crippen molar-refractivity contribution in [3.8, 4) is 0 Å². The van der Waals surface area contributed by atoms with Crippen molar-refractivity contribution in [3.05, 3.63) is 59.3 Å². The number of aliphatic hydroxyl groups excluding tert-OH is 1. The van der Waals surface area contributed by atoms with E-state index >= 15 is 0 Å². The van der Waals surface area contributed by atoms with Gasteiger partial charge in [0.2, 0.25) is 0 Å². The van der Waals surface area contributed by atoms with E-state index in [1.54, 1.807) is 6.07 Å². The fraction of sp³-hybridized carbons (Fsp3) is 0.214. The second kappa shape index (κ2) is 5.50. The number of rotatable bonds is 3. The zero-order chi connectivity index (χ0) is 14.8. The average Bonchev–Trinajstić information content (AvgIpc) is 2.37. The van der Waals surface area contributed by atoms with Crippen molar-refractivity contribution in [1.29, 1.82) is 0 Å². The number of pyridine rings is 1. The van der Waals surface area contributed by atoms with Gasteiger partial charge in [-0.25, -0.2) is 4.98 Å². The molecule has 1 atom stereocenters. The molecule has 0 aliphatic heterocycles. The van der Waals surface area contributed by atoms with Crippen LogP contribution in [0.3, 0.4) is 0 Å². The Bertz CT molecular complexity index is 599. The van der Waals surface area contributed by atoms with Gasteiger partial charge in [0.15, 0.2) is 0 Å². The van der Waals surface area contributed by atoms with Gasteiger partial charge < -0.3 is 10.8 Å². The van der Waals surface area contributed by atoms with Crippen molar-refractivity contribution in [3.63, 3.8) is 0 Å². The molecule has 1 aromatic carbocycles. The maximum absolute atomic E-state index is 12.9. The van der Waals surface area contributed by atoms with E-state index in [0.29, 0.717) is 5.56 Å². The minimum Gasteiger partial charge on any atom is -0.388 e. The normalized spacial score (nSPS) is 13.2. The fourth-order valence-electron chi connectivity index (χ4n) is 2.00. The van der Waals surface area contributed by atoms with Gasteiger partial charge in [-0.15, -0.1) is 0 Å². The number of aromatic nitrogens is 1. The SMILES string of the molecule is Nc1cc(CC(O)c2ccccc2C(F)(F)F)ccn1. The highest BCUT2D eigenvalue weighted by molar-refractivity contribution is 5.35. The largest absolute Gasteiger partial charge is 0.416 e. The first-order chi connectivity index (χ1) is 9.38. The molecular weight excluding hydrogens is 269 g/mol. The molecular formula is C14H13F3N2O. The van der Waals surface area contributed by atoms with Crippen LogP contribution in [-0.2, 0) is 12.6 Å². The second-order valence-electron chi connectivity index (χ2n) is 4.39. The van der Waals surface area contributed by atoms with Crippen LogP contribution in [0.4, 0.5) is 19.0 Å². The van der Waals surface area contributed by atoms with Gasteiger partial charge >= 0.3 is 6.18 Å². The molecule has 106 valence electrons. The monoisotopic (exact) mass is 282 g/mol. The number of alkyl halides is 3. The summed E-state index contributed by atoms with van der Waals surface area (Å²) >= 11 is 0. The van der Waals surface area contributed by atoms with Crippen LogP contribution in [0.2, 0.25) is 0 Å². The Morgan fingerprint density at radius 3 is 2.55 bits per heavy atom. The standard InChI is InChI=1S/C14H13F3N2O/c15-14(16,17)11-4-2-1-3-10(11)12(20)7-9-5-6-19-13(18)8-9/h1-6,8,12,20H,7H2,(H2,18,19). The van der Waals surface area contributed by atoms with Crippen molar-refractivity contribution in [1.82, 2.24) is 4.98 Å². The first-order valence-electron chi connectivity index (χ1n) is 5.92. The number of halogens is 3. The number of aliphatic hydroxyl groups is 1. The van der Waals surface area contributed by atoms with Crippen molar-refractivity contribution in [2.45, 2.75) is 18.7 Å². The van der Waals surface area contributed by atoms with Crippen LogP contribution in [0.15, 0.2) is 42.6 Å². The summed E-state index contributed by atoms with van der Waals surface area (Å²) in [6, 6.07) is 8.13. The van der Waals surface area contributed by atoms with E-state index in [1.165, 1.54) is 30.5 Å². The first kappa shape index (κ1) is 14.3. The minimum atomic E-state index is -4.49. The summed E-state index contributed by atoms with van der Waals surface area (Å²) in [6.45, 7) is 0. The third-order valence-electron chi connectivity index (χ3n) is 2.90. The summed E-state index contributed by atoms with van der Waals surface area (Å²) in [4.78, 5) is 3.79. The van der Waals surface area contributed by atoms with Gasteiger partial charge in [0.1, 0.15) is 5.82 Å². The van der Waals surface area contributed by atoms with Crippen LogP contribution in [0, 0.1) is 0 Å². The molecule has 6 heteroatoms. The predicted octanol–water partition coefficient (Wildman–Crippen LogP) is 2.96. The quantitative estimate of drug-likeness (QED) is 0.910. The second-order valence-corrected chi connectivity index (χ2v) is 4.39.